The molecule has 0 bridgehead atoms. The van der Waals surface area contributed by atoms with E-state index in [0.29, 0.717) is 30.8 Å². The molecule has 118 valence electrons. The van der Waals surface area contributed by atoms with Crippen LogP contribution in [0, 0.1) is 0 Å². The van der Waals surface area contributed by atoms with Gasteiger partial charge in [-0.1, -0.05) is 28.9 Å². The van der Waals surface area contributed by atoms with Crippen LogP contribution in [0.25, 0.3) is 12.2 Å². The van der Waals surface area contributed by atoms with Crippen LogP contribution in [0.1, 0.15) is 37.8 Å². The van der Waals surface area contributed by atoms with Gasteiger partial charge in [-0.15, -0.1) is 0 Å². The molecule has 0 saturated heterocycles. The van der Waals surface area contributed by atoms with Crippen molar-refractivity contribution < 1.29 is 9.63 Å². The molecular weight excluding hydrogens is 344 g/mol. The average Bonchev–Trinajstić information content (AvgIpc) is 2.64. The van der Waals surface area contributed by atoms with Gasteiger partial charge in [-0.2, -0.15) is 0 Å². The molecule has 0 unspecified atom stereocenters. The standard InChI is InChI=1S/C17H21BrN2O2/c1-3-7-20(22-4-2)17(21)14-8-12-5-6-15(18)9-13(12)10-16(19)11-14/h5-6,8-10H,3-4,7,11,19H2,1-2H3. The number of carbonyl (C=O) groups is 1. The average molecular weight is 365 g/mol. The van der Waals surface area contributed by atoms with Crippen molar-refractivity contribution in [2.24, 2.45) is 5.73 Å². The highest BCUT2D eigenvalue weighted by Gasteiger charge is 2.21. The summed E-state index contributed by atoms with van der Waals surface area (Å²) in [6, 6.07) is 5.93. The van der Waals surface area contributed by atoms with Crippen molar-refractivity contribution in [3.8, 4) is 0 Å². The first-order valence-corrected chi connectivity index (χ1v) is 8.25. The Bertz CT molecular complexity index is 617. The minimum absolute atomic E-state index is 0.115. The van der Waals surface area contributed by atoms with Crippen LogP contribution in [-0.4, -0.2) is 24.1 Å². The minimum atomic E-state index is -0.115. The predicted molar refractivity (Wildman–Crippen MR) is 92.5 cm³/mol. The van der Waals surface area contributed by atoms with E-state index in [1.165, 1.54) is 5.06 Å². The van der Waals surface area contributed by atoms with E-state index in [1.54, 1.807) is 0 Å². The van der Waals surface area contributed by atoms with E-state index in [0.717, 1.165) is 22.0 Å². The van der Waals surface area contributed by atoms with Crippen LogP contribution in [0.4, 0.5) is 0 Å². The molecule has 0 atom stereocenters. The maximum Gasteiger partial charge on any atom is 0.273 e. The van der Waals surface area contributed by atoms with Crippen molar-refractivity contribution in [2.45, 2.75) is 26.7 Å². The van der Waals surface area contributed by atoms with Gasteiger partial charge in [0.15, 0.2) is 0 Å². The van der Waals surface area contributed by atoms with Gasteiger partial charge < -0.3 is 5.73 Å². The Morgan fingerprint density at radius 3 is 2.77 bits per heavy atom. The van der Waals surface area contributed by atoms with Gasteiger partial charge in [0.05, 0.1) is 6.61 Å². The molecule has 2 N–H and O–H groups in total. The van der Waals surface area contributed by atoms with Gasteiger partial charge >= 0.3 is 0 Å². The fourth-order valence-electron chi connectivity index (χ4n) is 2.39. The first-order valence-electron chi connectivity index (χ1n) is 7.46. The number of carbonyl (C=O) groups excluding carboxylic acids is 1. The largest absolute Gasteiger partial charge is 0.402 e. The van der Waals surface area contributed by atoms with Gasteiger partial charge in [0, 0.05) is 28.7 Å². The molecule has 0 fully saturated rings. The molecule has 0 saturated carbocycles. The van der Waals surface area contributed by atoms with Crippen LogP contribution in [-0.2, 0) is 9.63 Å². The van der Waals surface area contributed by atoms with Gasteiger partial charge in [0.1, 0.15) is 0 Å². The summed E-state index contributed by atoms with van der Waals surface area (Å²) in [5.74, 6) is -0.115. The van der Waals surface area contributed by atoms with Crippen LogP contribution < -0.4 is 5.73 Å². The van der Waals surface area contributed by atoms with Crippen molar-refractivity contribution in [3.63, 3.8) is 0 Å². The fourth-order valence-corrected chi connectivity index (χ4v) is 2.77. The van der Waals surface area contributed by atoms with Crippen LogP contribution in [0.2, 0.25) is 0 Å². The van der Waals surface area contributed by atoms with Crippen molar-refractivity contribution in [3.05, 3.63) is 45.1 Å². The summed E-state index contributed by atoms with van der Waals surface area (Å²) in [7, 11) is 0. The second-order valence-electron chi connectivity index (χ2n) is 5.16. The number of nitrogens with zero attached hydrogens (tertiary/aromatic N) is 1. The third-order valence-electron chi connectivity index (χ3n) is 3.33. The van der Waals surface area contributed by atoms with Crippen LogP contribution >= 0.6 is 15.9 Å². The summed E-state index contributed by atoms with van der Waals surface area (Å²) in [4.78, 5) is 18.1. The van der Waals surface area contributed by atoms with Crippen LogP contribution in [0.15, 0.2) is 33.9 Å². The zero-order valence-corrected chi connectivity index (χ0v) is 14.5. The predicted octanol–water partition coefficient (Wildman–Crippen LogP) is 3.73. The molecule has 1 amide bonds. The third-order valence-corrected chi connectivity index (χ3v) is 3.82. The Hall–Kier alpha value is -1.59. The number of hydrogen-bond acceptors (Lipinski definition) is 3. The van der Waals surface area contributed by atoms with E-state index in [9.17, 15) is 4.79 Å². The van der Waals surface area contributed by atoms with Crippen molar-refractivity contribution >= 4 is 34.0 Å². The molecular formula is C17H21BrN2O2. The van der Waals surface area contributed by atoms with Crippen molar-refractivity contribution in [1.29, 1.82) is 0 Å². The maximum atomic E-state index is 12.7. The molecule has 22 heavy (non-hydrogen) atoms. The summed E-state index contributed by atoms with van der Waals surface area (Å²) in [5, 5.41) is 1.43. The Labute approximate surface area is 139 Å². The van der Waals surface area contributed by atoms with E-state index in [1.807, 2.05) is 44.2 Å². The number of halogens is 1. The molecule has 4 nitrogen and oxygen atoms in total. The molecule has 0 spiro atoms. The summed E-state index contributed by atoms with van der Waals surface area (Å²) in [6.07, 6.45) is 5.09. The van der Waals surface area contributed by atoms with Crippen LogP contribution in [0.5, 0.6) is 0 Å². The van der Waals surface area contributed by atoms with Crippen LogP contribution in [0.3, 0.4) is 0 Å². The Morgan fingerprint density at radius 2 is 2.09 bits per heavy atom. The number of hydrogen-bond donors (Lipinski definition) is 1. The number of allylic oxidation sites excluding steroid dienone is 1. The lowest BCUT2D eigenvalue weighted by atomic mass is 10.1. The lowest BCUT2D eigenvalue weighted by molar-refractivity contribution is -0.180. The molecule has 0 radical (unpaired) electrons. The third kappa shape index (κ3) is 3.99. The molecule has 1 aliphatic rings. The van der Waals surface area contributed by atoms with E-state index in [2.05, 4.69) is 15.9 Å². The second kappa shape index (κ2) is 7.61. The molecule has 0 heterocycles. The van der Waals surface area contributed by atoms with Crippen molar-refractivity contribution in [1.82, 2.24) is 5.06 Å². The number of amides is 1. The first-order chi connectivity index (χ1) is 10.5. The molecule has 1 aromatic carbocycles. The summed E-state index contributed by atoms with van der Waals surface area (Å²) >= 11 is 3.46. The highest BCUT2D eigenvalue weighted by molar-refractivity contribution is 9.10. The highest BCUT2D eigenvalue weighted by atomic mass is 79.9. The van der Waals surface area contributed by atoms with Gasteiger partial charge in [0.25, 0.3) is 5.91 Å². The molecule has 5 heteroatoms. The number of benzene rings is 1. The first kappa shape index (κ1) is 16.8. The zero-order valence-electron chi connectivity index (χ0n) is 12.9. The molecule has 1 aliphatic carbocycles. The Kier molecular flexibility index (Phi) is 5.80. The topological polar surface area (TPSA) is 55.6 Å². The lowest BCUT2D eigenvalue weighted by Crippen LogP contribution is -2.33. The molecule has 0 aromatic heterocycles. The quantitative estimate of drug-likeness (QED) is 0.809. The van der Waals surface area contributed by atoms with Crippen molar-refractivity contribution in [2.75, 3.05) is 13.2 Å². The number of nitrogens with two attached hydrogens (primary N) is 1. The van der Waals surface area contributed by atoms with Gasteiger partial charge in [-0.3, -0.25) is 9.63 Å². The van der Waals surface area contributed by atoms with E-state index in [-0.39, 0.29) is 5.91 Å². The highest BCUT2D eigenvalue weighted by Crippen LogP contribution is 2.27. The number of hydroxylamine groups is 2. The monoisotopic (exact) mass is 364 g/mol. The summed E-state index contributed by atoms with van der Waals surface area (Å²) in [6.45, 7) is 4.93. The maximum absolute atomic E-state index is 12.7. The summed E-state index contributed by atoms with van der Waals surface area (Å²) in [5.41, 5.74) is 9.38. The van der Waals surface area contributed by atoms with Gasteiger partial charge in [-0.25, -0.2) is 5.06 Å². The SMILES string of the molecule is CCCN(OCC)C(=O)C1=Cc2ccc(Br)cc2C=C(N)C1. The van der Waals surface area contributed by atoms with E-state index >= 15 is 0 Å². The molecule has 2 rings (SSSR count). The minimum Gasteiger partial charge on any atom is -0.402 e. The zero-order chi connectivity index (χ0) is 16.1. The lowest BCUT2D eigenvalue weighted by Gasteiger charge is -2.21. The summed E-state index contributed by atoms with van der Waals surface area (Å²) < 4.78 is 0.986. The van der Waals surface area contributed by atoms with Gasteiger partial charge in [-0.05, 0) is 48.8 Å². The second-order valence-corrected chi connectivity index (χ2v) is 6.08. The van der Waals surface area contributed by atoms with Gasteiger partial charge in [0.2, 0.25) is 0 Å². The Morgan fingerprint density at radius 1 is 1.32 bits per heavy atom. The normalized spacial score (nSPS) is 13.8. The smallest absolute Gasteiger partial charge is 0.273 e. The molecule has 0 aliphatic heterocycles. The number of rotatable bonds is 5. The molecule has 1 aromatic rings. The Balaban J connectivity index is 2.36. The number of fused-ring (bicyclic) bond motifs is 1. The van der Waals surface area contributed by atoms with E-state index in [4.69, 9.17) is 10.6 Å². The fraction of sp³-hybridized carbons (Fsp3) is 0.353. The van der Waals surface area contributed by atoms with E-state index < -0.39 is 0 Å².